The molecule has 0 aliphatic heterocycles. The van der Waals surface area contributed by atoms with Gasteiger partial charge in [0.15, 0.2) is 0 Å². The largest absolute Gasteiger partial charge is 0.281 e. The number of nitrogens with zero attached hydrogens (tertiary/aromatic N) is 1. The van der Waals surface area contributed by atoms with Gasteiger partial charge in [-0.05, 0) is 31.0 Å². The van der Waals surface area contributed by atoms with E-state index in [1.807, 2.05) is 4.72 Å². The van der Waals surface area contributed by atoms with Gasteiger partial charge in [0.25, 0.3) is 5.91 Å². The van der Waals surface area contributed by atoms with Crippen LogP contribution in [0, 0.1) is 0 Å². The normalized spacial score (nSPS) is 15.6. The van der Waals surface area contributed by atoms with Gasteiger partial charge in [0, 0.05) is 22.6 Å². The van der Waals surface area contributed by atoms with Crippen LogP contribution >= 0.6 is 0 Å². The summed E-state index contributed by atoms with van der Waals surface area (Å²) < 4.78 is 24.1. The topological polar surface area (TPSA) is 91.9 Å². The summed E-state index contributed by atoms with van der Waals surface area (Å²) in [5.41, 5.74) is 2.14. The van der Waals surface area contributed by atoms with Gasteiger partial charge in [-0.2, -0.15) is 5.10 Å². The molecular weight excluding hydrogens is 266 g/mol. The fourth-order valence-corrected chi connectivity index (χ4v) is 2.54. The second-order valence-electron chi connectivity index (χ2n) is 4.85. The highest BCUT2D eigenvalue weighted by molar-refractivity contribution is 7.89. The van der Waals surface area contributed by atoms with Gasteiger partial charge in [-0.3, -0.25) is 9.89 Å². The van der Waals surface area contributed by atoms with Gasteiger partial charge in [-0.15, -0.1) is 0 Å². The number of rotatable bonds is 3. The number of carbonyl (C=O) groups is 1. The molecule has 0 atom stereocenters. The molecule has 1 aliphatic carbocycles. The molecule has 0 spiro atoms. The predicted octanol–water partition coefficient (Wildman–Crippen LogP) is 1.13. The van der Waals surface area contributed by atoms with Crippen LogP contribution in [0.15, 0.2) is 18.2 Å². The molecule has 1 fully saturated rings. The molecule has 2 aromatic rings. The Labute approximate surface area is 110 Å². The first kappa shape index (κ1) is 12.2. The first-order valence-electron chi connectivity index (χ1n) is 5.94. The standard InChI is InChI=1S/C12H13N3O3S/c1-19(17,18)15-12(16)8-4-5-10-9(6-8)11(14-13-10)7-2-3-7/h4-7H,2-3H2,1H3,(H,13,14)(H,15,16). The Hall–Kier alpha value is -1.89. The lowest BCUT2D eigenvalue weighted by atomic mass is 10.1. The molecule has 0 radical (unpaired) electrons. The Morgan fingerprint density at radius 3 is 2.79 bits per heavy atom. The fourth-order valence-electron chi connectivity index (χ4n) is 2.08. The third-order valence-corrected chi connectivity index (χ3v) is 3.67. The Balaban J connectivity index is 2.00. The molecular formula is C12H13N3O3S. The van der Waals surface area contributed by atoms with Crippen molar-refractivity contribution in [3.8, 4) is 0 Å². The van der Waals surface area contributed by atoms with Gasteiger partial charge in [0.05, 0.1) is 11.8 Å². The van der Waals surface area contributed by atoms with E-state index in [0.717, 1.165) is 35.7 Å². The number of benzene rings is 1. The summed E-state index contributed by atoms with van der Waals surface area (Å²) in [7, 11) is -3.55. The van der Waals surface area contributed by atoms with Gasteiger partial charge >= 0.3 is 0 Å². The van der Waals surface area contributed by atoms with Crippen molar-refractivity contribution < 1.29 is 13.2 Å². The Kier molecular flexibility index (Phi) is 2.60. The maximum Gasteiger partial charge on any atom is 0.264 e. The van der Waals surface area contributed by atoms with E-state index in [-0.39, 0.29) is 0 Å². The van der Waals surface area contributed by atoms with Crippen LogP contribution in [0.3, 0.4) is 0 Å². The zero-order valence-corrected chi connectivity index (χ0v) is 11.1. The summed E-state index contributed by atoms with van der Waals surface area (Å²) >= 11 is 0. The van der Waals surface area contributed by atoms with Crippen molar-refractivity contribution in [3.05, 3.63) is 29.5 Å². The van der Waals surface area contributed by atoms with Crippen LogP contribution in [-0.2, 0) is 10.0 Å². The number of amides is 1. The van der Waals surface area contributed by atoms with E-state index in [4.69, 9.17) is 0 Å². The van der Waals surface area contributed by atoms with Gasteiger partial charge < -0.3 is 0 Å². The average molecular weight is 279 g/mol. The van der Waals surface area contributed by atoms with Gasteiger partial charge in [0.2, 0.25) is 10.0 Å². The Morgan fingerprint density at radius 1 is 1.42 bits per heavy atom. The molecule has 1 aliphatic rings. The van der Waals surface area contributed by atoms with Crippen molar-refractivity contribution in [2.24, 2.45) is 0 Å². The van der Waals surface area contributed by atoms with Crippen molar-refractivity contribution >= 4 is 26.8 Å². The molecule has 1 heterocycles. The van der Waals surface area contributed by atoms with E-state index in [9.17, 15) is 13.2 Å². The molecule has 3 rings (SSSR count). The number of nitrogens with one attached hydrogen (secondary N) is 2. The molecule has 0 bridgehead atoms. The zero-order chi connectivity index (χ0) is 13.6. The second kappa shape index (κ2) is 4.06. The zero-order valence-electron chi connectivity index (χ0n) is 10.3. The van der Waals surface area contributed by atoms with Gasteiger partial charge in [0.1, 0.15) is 0 Å². The summed E-state index contributed by atoms with van der Waals surface area (Å²) in [5, 5.41) is 8.06. The van der Waals surface area contributed by atoms with E-state index in [1.54, 1.807) is 18.2 Å². The minimum Gasteiger partial charge on any atom is -0.281 e. The quantitative estimate of drug-likeness (QED) is 0.881. The van der Waals surface area contributed by atoms with Crippen LogP contribution in [0.25, 0.3) is 10.9 Å². The number of H-pyrrole nitrogens is 1. The number of hydrogen-bond acceptors (Lipinski definition) is 4. The number of sulfonamides is 1. The van der Waals surface area contributed by atoms with Crippen molar-refractivity contribution in [2.75, 3.05) is 6.26 Å². The van der Waals surface area contributed by atoms with E-state index < -0.39 is 15.9 Å². The number of aromatic nitrogens is 2. The summed E-state index contributed by atoms with van der Waals surface area (Å²) in [5.74, 6) is -0.134. The van der Waals surface area contributed by atoms with Gasteiger partial charge in [-0.1, -0.05) is 0 Å². The molecule has 1 saturated carbocycles. The summed E-state index contributed by atoms with van der Waals surface area (Å²) in [6.45, 7) is 0. The van der Waals surface area contributed by atoms with Crippen LogP contribution in [0.1, 0.15) is 34.8 Å². The number of aromatic amines is 1. The van der Waals surface area contributed by atoms with Crippen LogP contribution in [-0.4, -0.2) is 30.8 Å². The lowest BCUT2D eigenvalue weighted by molar-refractivity contribution is 0.0982. The molecule has 19 heavy (non-hydrogen) atoms. The SMILES string of the molecule is CS(=O)(=O)NC(=O)c1ccc2n[nH]c(C3CC3)c2c1. The number of hydrogen-bond donors (Lipinski definition) is 2. The highest BCUT2D eigenvalue weighted by Crippen LogP contribution is 2.41. The highest BCUT2D eigenvalue weighted by Gasteiger charge is 2.27. The predicted molar refractivity (Wildman–Crippen MR) is 70.4 cm³/mol. The van der Waals surface area contributed by atoms with Crippen LogP contribution in [0.4, 0.5) is 0 Å². The fraction of sp³-hybridized carbons (Fsp3) is 0.333. The van der Waals surface area contributed by atoms with E-state index in [1.165, 1.54) is 0 Å². The van der Waals surface area contributed by atoms with E-state index in [0.29, 0.717) is 11.5 Å². The average Bonchev–Trinajstić information content (AvgIpc) is 3.06. The van der Waals surface area contributed by atoms with E-state index >= 15 is 0 Å². The first-order valence-corrected chi connectivity index (χ1v) is 7.83. The molecule has 1 aromatic heterocycles. The van der Waals surface area contributed by atoms with Crippen molar-refractivity contribution in [1.29, 1.82) is 0 Å². The molecule has 1 amide bonds. The maximum absolute atomic E-state index is 11.8. The summed E-state index contributed by atoms with van der Waals surface area (Å²) in [6.07, 6.45) is 3.20. The lowest BCUT2D eigenvalue weighted by Gasteiger charge is -2.03. The van der Waals surface area contributed by atoms with Gasteiger partial charge in [-0.25, -0.2) is 13.1 Å². The smallest absolute Gasteiger partial charge is 0.264 e. The molecule has 2 N–H and O–H groups in total. The molecule has 6 nitrogen and oxygen atoms in total. The monoisotopic (exact) mass is 279 g/mol. The molecule has 0 saturated heterocycles. The summed E-state index contributed by atoms with van der Waals surface area (Å²) in [6, 6.07) is 4.97. The summed E-state index contributed by atoms with van der Waals surface area (Å²) in [4.78, 5) is 11.8. The second-order valence-corrected chi connectivity index (χ2v) is 6.60. The lowest BCUT2D eigenvalue weighted by Crippen LogP contribution is -2.29. The number of fused-ring (bicyclic) bond motifs is 1. The highest BCUT2D eigenvalue weighted by atomic mass is 32.2. The Bertz CT molecular complexity index is 760. The van der Waals surface area contributed by atoms with Crippen LogP contribution < -0.4 is 4.72 Å². The van der Waals surface area contributed by atoms with Crippen molar-refractivity contribution in [2.45, 2.75) is 18.8 Å². The third kappa shape index (κ3) is 2.46. The van der Waals surface area contributed by atoms with E-state index in [2.05, 4.69) is 10.2 Å². The Morgan fingerprint density at radius 2 is 2.16 bits per heavy atom. The molecule has 1 aromatic carbocycles. The first-order chi connectivity index (χ1) is 8.94. The molecule has 7 heteroatoms. The number of carbonyl (C=O) groups excluding carboxylic acids is 1. The van der Waals surface area contributed by atoms with Crippen molar-refractivity contribution in [3.63, 3.8) is 0 Å². The minimum atomic E-state index is -3.55. The van der Waals surface area contributed by atoms with Crippen LogP contribution in [0.5, 0.6) is 0 Å². The third-order valence-electron chi connectivity index (χ3n) is 3.11. The molecule has 0 unspecified atom stereocenters. The van der Waals surface area contributed by atoms with Crippen molar-refractivity contribution in [1.82, 2.24) is 14.9 Å². The maximum atomic E-state index is 11.8. The van der Waals surface area contributed by atoms with Crippen LogP contribution in [0.2, 0.25) is 0 Å². The minimum absolute atomic E-state index is 0.321. The molecule has 100 valence electrons.